The first-order valence-corrected chi connectivity index (χ1v) is 23.0. The molecule has 17 heteroatoms. The van der Waals surface area contributed by atoms with Crippen molar-refractivity contribution < 1.29 is 32.3 Å². The maximum absolute atomic E-state index is 13.9. The first-order valence-electron chi connectivity index (χ1n) is 21.1. The highest BCUT2D eigenvalue weighted by molar-refractivity contribution is 7.90. The molecule has 3 fully saturated rings. The second kappa shape index (κ2) is 17.8. The minimum atomic E-state index is -4.58. The molecule has 1 amide bonds. The number of piperazine rings is 1. The molecule has 2 aromatic carbocycles. The van der Waals surface area contributed by atoms with E-state index in [-0.39, 0.29) is 29.5 Å². The number of halogens is 1. The summed E-state index contributed by atoms with van der Waals surface area (Å²) in [6, 6.07) is 17.1. The average molecular weight is 882 g/mol. The number of anilines is 1. The van der Waals surface area contributed by atoms with Crippen LogP contribution in [0.25, 0.3) is 16.6 Å². The summed E-state index contributed by atoms with van der Waals surface area (Å²) in [5.41, 5.74) is 5.14. The molecule has 1 saturated carbocycles. The van der Waals surface area contributed by atoms with Gasteiger partial charge in [-0.1, -0.05) is 41.8 Å². The Hall–Kier alpha value is -5.39. The Balaban J connectivity index is 0.926. The van der Waals surface area contributed by atoms with Crippen molar-refractivity contribution in [2.24, 2.45) is 5.41 Å². The van der Waals surface area contributed by atoms with Gasteiger partial charge in [-0.25, -0.2) is 23.1 Å². The molecule has 1 spiro atoms. The largest absolute Gasteiger partial charge is 0.455 e. The zero-order chi connectivity index (χ0) is 42.8. The number of nitro benzene ring substituents is 1. The number of amides is 1. The van der Waals surface area contributed by atoms with Gasteiger partial charge in [0.15, 0.2) is 0 Å². The molecule has 4 aliphatic rings. The maximum Gasteiger partial charge on any atom is 0.273 e. The fourth-order valence-corrected chi connectivity index (χ4v) is 10.2. The third-order valence-corrected chi connectivity index (χ3v) is 14.3. The Labute approximate surface area is 364 Å². The first kappa shape index (κ1) is 41.9. The summed E-state index contributed by atoms with van der Waals surface area (Å²) in [4.78, 5) is 41.6. The number of hydrogen-bond donors (Lipinski definition) is 2. The van der Waals surface area contributed by atoms with Crippen LogP contribution in [0.4, 0.5) is 11.5 Å². The number of nitrogens with zero attached hydrogens (tertiary/aromatic N) is 5. The van der Waals surface area contributed by atoms with Gasteiger partial charge in [0, 0.05) is 73.2 Å². The Bertz CT molecular complexity index is 2620. The van der Waals surface area contributed by atoms with Crippen molar-refractivity contribution in [3.63, 3.8) is 0 Å². The molecule has 2 aliphatic carbocycles. The van der Waals surface area contributed by atoms with Gasteiger partial charge < -0.3 is 24.1 Å². The molecule has 5 aromatic rings. The smallest absolute Gasteiger partial charge is 0.273 e. The standard InChI is InChI=1S/C45H48ClN7O8S/c46-34-6-2-30(3-7-34)38-25-45(12-1-13-45)14-10-33(38)28-51-16-18-52(19-17-51)42-24-41(61-36-22-32-11-15-47-43(32)49-26-36)39(27-48-42)44(54)50-62(57,58)37-9-5-31(40(23-37)53(55)56)4-8-35-29-59-20-21-60-35/h2-3,5-7,9,11,15,22-24,26-27,35H,1,4,8,10,12-14,16-21,25,28-29H2,(H,47,49)(H,50,54)/t35-/m0/s1. The van der Waals surface area contributed by atoms with Crippen LogP contribution in [0.1, 0.15) is 66.4 Å². The summed E-state index contributed by atoms with van der Waals surface area (Å²) in [6.45, 7) is 5.15. The van der Waals surface area contributed by atoms with Crippen molar-refractivity contribution in [1.82, 2.24) is 24.6 Å². The predicted octanol–water partition coefficient (Wildman–Crippen LogP) is 7.71. The van der Waals surface area contributed by atoms with Crippen LogP contribution in [0, 0.1) is 15.5 Å². The Kier molecular flexibility index (Phi) is 12.0. The van der Waals surface area contributed by atoms with Gasteiger partial charge in [-0.2, -0.15) is 0 Å². The Morgan fingerprint density at radius 2 is 1.84 bits per heavy atom. The summed E-state index contributed by atoms with van der Waals surface area (Å²) in [5, 5.41) is 13.6. The van der Waals surface area contributed by atoms with Crippen molar-refractivity contribution in [2.75, 3.05) is 57.4 Å². The highest BCUT2D eigenvalue weighted by Crippen LogP contribution is 2.55. The molecule has 5 heterocycles. The molecule has 324 valence electrons. The molecular weight excluding hydrogens is 834 g/mol. The number of sulfonamides is 1. The first-order chi connectivity index (χ1) is 30.0. The minimum absolute atomic E-state index is 0.0712. The number of benzene rings is 2. The summed E-state index contributed by atoms with van der Waals surface area (Å²) in [6.07, 6.45) is 12.4. The number of aromatic nitrogens is 3. The van der Waals surface area contributed by atoms with Crippen molar-refractivity contribution in [3.05, 3.63) is 117 Å². The highest BCUT2D eigenvalue weighted by Gasteiger charge is 2.41. The van der Waals surface area contributed by atoms with Crippen molar-refractivity contribution in [1.29, 1.82) is 0 Å². The molecule has 3 aromatic heterocycles. The van der Waals surface area contributed by atoms with Gasteiger partial charge in [-0.3, -0.25) is 19.8 Å². The van der Waals surface area contributed by atoms with E-state index in [9.17, 15) is 23.3 Å². The monoisotopic (exact) mass is 881 g/mol. The van der Waals surface area contributed by atoms with Crippen LogP contribution in [0.5, 0.6) is 11.5 Å². The van der Waals surface area contributed by atoms with Crippen LogP contribution in [-0.2, 0) is 25.9 Å². The summed E-state index contributed by atoms with van der Waals surface area (Å²) in [7, 11) is -4.58. The molecule has 9 rings (SSSR count). The van der Waals surface area contributed by atoms with E-state index in [1.807, 2.05) is 18.2 Å². The number of rotatable bonds is 13. The number of carbonyl (C=O) groups excluding carboxylic acids is 1. The molecule has 0 unspecified atom stereocenters. The Morgan fingerprint density at radius 3 is 2.58 bits per heavy atom. The van der Waals surface area contributed by atoms with Crippen LogP contribution < -0.4 is 14.4 Å². The molecular formula is C45H48ClN7O8S. The van der Waals surface area contributed by atoms with Gasteiger partial charge in [0.1, 0.15) is 28.5 Å². The topological polar surface area (TPSA) is 182 Å². The van der Waals surface area contributed by atoms with Crippen LogP contribution in [0.3, 0.4) is 0 Å². The van der Waals surface area contributed by atoms with Gasteiger partial charge in [0.2, 0.25) is 0 Å². The number of H-pyrrole nitrogens is 1. The lowest BCUT2D eigenvalue weighted by Crippen LogP contribution is -2.47. The molecule has 15 nitrogen and oxygen atoms in total. The lowest BCUT2D eigenvalue weighted by Gasteiger charge is -2.47. The van der Waals surface area contributed by atoms with Crippen molar-refractivity contribution >= 4 is 55.6 Å². The fourth-order valence-electron chi connectivity index (χ4n) is 9.10. The number of ether oxygens (including phenoxy) is 3. The number of hydrogen-bond acceptors (Lipinski definition) is 12. The van der Waals surface area contributed by atoms with Gasteiger partial charge in [0.25, 0.3) is 21.6 Å². The van der Waals surface area contributed by atoms with Crippen molar-refractivity contribution in [3.8, 4) is 11.5 Å². The number of nitro groups is 1. The van der Waals surface area contributed by atoms with E-state index in [1.54, 1.807) is 18.3 Å². The second-order valence-electron chi connectivity index (χ2n) is 16.7. The quantitative estimate of drug-likeness (QED) is 0.0870. The van der Waals surface area contributed by atoms with Crippen LogP contribution >= 0.6 is 11.6 Å². The molecule has 2 N–H and O–H groups in total. The maximum atomic E-state index is 13.9. The zero-order valence-corrected chi connectivity index (χ0v) is 35.8. The van der Waals surface area contributed by atoms with E-state index in [2.05, 4.69) is 41.6 Å². The number of aryl methyl sites for hydroxylation is 1. The average Bonchev–Trinajstić information content (AvgIpc) is 3.74. The third kappa shape index (κ3) is 9.20. The predicted molar refractivity (Wildman–Crippen MR) is 234 cm³/mol. The van der Waals surface area contributed by atoms with E-state index in [1.165, 1.54) is 66.9 Å². The van der Waals surface area contributed by atoms with Gasteiger partial charge in [-0.05, 0) is 91.8 Å². The summed E-state index contributed by atoms with van der Waals surface area (Å²) < 4.78 is 46.8. The number of fused-ring (bicyclic) bond motifs is 1. The van der Waals surface area contributed by atoms with Gasteiger partial charge in [0.05, 0.1) is 41.9 Å². The molecule has 0 radical (unpaired) electrons. The van der Waals surface area contributed by atoms with Crippen LogP contribution in [0.15, 0.2) is 89.7 Å². The second-order valence-corrected chi connectivity index (χ2v) is 18.8. The van der Waals surface area contributed by atoms with E-state index in [0.29, 0.717) is 67.5 Å². The van der Waals surface area contributed by atoms with E-state index in [4.69, 9.17) is 25.8 Å². The zero-order valence-electron chi connectivity index (χ0n) is 34.2. The highest BCUT2D eigenvalue weighted by atomic mass is 35.5. The summed E-state index contributed by atoms with van der Waals surface area (Å²) >= 11 is 6.27. The van der Waals surface area contributed by atoms with Gasteiger partial charge in [-0.15, -0.1) is 0 Å². The van der Waals surface area contributed by atoms with E-state index >= 15 is 0 Å². The van der Waals surface area contributed by atoms with Crippen LogP contribution in [-0.4, -0.2) is 97.7 Å². The number of nitrogens with one attached hydrogen (secondary N) is 2. The van der Waals surface area contributed by atoms with Gasteiger partial charge >= 0.3 is 0 Å². The molecule has 62 heavy (non-hydrogen) atoms. The summed E-state index contributed by atoms with van der Waals surface area (Å²) in [5.74, 6) is -0.0475. The van der Waals surface area contributed by atoms with Crippen LogP contribution in [0.2, 0.25) is 5.02 Å². The lowest BCUT2D eigenvalue weighted by molar-refractivity contribution is -0.385. The third-order valence-electron chi connectivity index (χ3n) is 12.8. The number of allylic oxidation sites excluding steroid dienone is 1. The normalized spacial score (nSPS) is 19.4. The SMILES string of the molecule is O=C(NS(=O)(=O)c1ccc(CC[C@H]2COCCO2)c([N+](=O)[O-])c1)c1cnc(N2CCN(CC3=C(c4ccc(Cl)cc4)CC4(CCC4)CC3)CC2)cc1Oc1cnc2[nH]ccc2c1. The van der Waals surface area contributed by atoms with E-state index < -0.39 is 25.7 Å². The molecule has 0 bridgehead atoms. The molecule has 2 aliphatic heterocycles. The molecule has 1 atom stereocenters. The van der Waals surface area contributed by atoms with E-state index in [0.717, 1.165) is 49.0 Å². The fraction of sp³-hybridized carbons (Fsp3) is 0.400. The number of aromatic amines is 1. The number of pyridine rings is 2. The number of carbonyl (C=O) groups is 1. The minimum Gasteiger partial charge on any atom is -0.455 e. The Morgan fingerprint density at radius 1 is 1.02 bits per heavy atom. The van der Waals surface area contributed by atoms with Crippen molar-refractivity contribution in [2.45, 2.75) is 62.4 Å². The lowest BCUT2D eigenvalue weighted by atomic mass is 9.59. The molecule has 2 saturated heterocycles.